The van der Waals surface area contributed by atoms with Gasteiger partial charge in [0.2, 0.25) is 0 Å². The molecule has 10 heteroatoms. The number of carbonyl (C=O) groups is 1. The van der Waals surface area contributed by atoms with Gasteiger partial charge >= 0.3 is 0 Å². The summed E-state index contributed by atoms with van der Waals surface area (Å²) >= 11 is 7.30. The highest BCUT2D eigenvalue weighted by molar-refractivity contribution is 7.13. The summed E-state index contributed by atoms with van der Waals surface area (Å²) in [5.74, 6) is 0.552. The van der Waals surface area contributed by atoms with E-state index in [2.05, 4.69) is 4.98 Å². The van der Waals surface area contributed by atoms with Gasteiger partial charge in [-0.05, 0) is 24.3 Å². The van der Waals surface area contributed by atoms with Gasteiger partial charge in [0.25, 0.3) is 11.6 Å². The highest BCUT2D eigenvalue weighted by atomic mass is 35.5. The molecule has 0 aliphatic carbocycles. The van der Waals surface area contributed by atoms with Crippen molar-refractivity contribution in [2.45, 2.75) is 0 Å². The second-order valence-electron chi connectivity index (χ2n) is 6.91. The van der Waals surface area contributed by atoms with Gasteiger partial charge in [-0.25, -0.2) is 4.98 Å². The molecule has 2 aromatic carbocycles. The molecule has 1 saturated heterocycles. The molecule has 3 aromatic rings. The molecule has 0 bridgehead atoms. The van der Waals surface area contributed by atoms with Gasteiger partial charge in [0.1, 0.15) is 22.1 Å². The predicted molar refractivity (Wildman–Crippen MR) is 120 cm³/mol. The number of benzene rings is 2. The van der Waals surface area contributed by atoms with Gasteiger partial charge < -0.3 is 14.5 Å². The van der Waals surface area contributed by atoms with Crippen LogP contribution in [0.1, 0.15) is 10.5 Å². The number of methoxy groups -OCH3 is 1. The third-order valence-electron chi connectivity index (χ3n) is 5.10. The van der Waals surface area contributed by atoms with E-state index >= 15 is 0 Å². The summed E-state index contributed by atoms with van der Waals surface area (Å²) in [5, 5.41) is 14.2. The molecule has 1 aliphatic heterocycles. The summed E-state index contributed by atoms with van der Waals surface area (Å²) < 4.78 is 5.38. The molecule has 31 heavy (non-hydrogen) atoms. The number of rotatable bonds is 5. The maximum absolute atomic E-state index is 13.0. The Bertz CT molecular complexity index is 1130. The lowest BCUT2D eigenvalue weighted by atomic mass is 10.2. The molecule has 0 atom stereocenters. The van der Waals surface area contributed by atoms with E-state index in [-0.39, 0.29) is 11.6 Å². The van der Waals surface area contributed by atoms with Gasteiger partial charge in [-0.15, -0.1) is 11.3 Å². The van der Waals surface area contributed by atoms with E-state index in [1.807, 2.05) is 29.2 Å². The SMILES string of the molecule is COc1ccccc1-c1nc(C(=O)N2CCN(c3ccc(Cl)cc3[N+](=O)[O-])CC2)cs1. The summed E-state index contributed by atoms with van der Waals surface area (Å²) in [5.41, 5.74) is 1.70. The van der Waals surface area contributed by atoms with Crippen molar-refractivity contribution in [3.63, 3.8) is 0 Å². The van der Waals surface area contributed by atoms with Crippen LogP contribution in [0, 0.1) is 10.1 Å². The lowest BCUT2D eigenvalue weighted by molar-refractivity contribution is -0.384. The van der Waals surface area contributed by atoms with Crippen molar-refractivity contribution in [3.05, 3.63) is 68.7 Å². The quantitative estimate of drug-likeness (QED) is 0.417. The molecule has 0 saturated carbocycles. The van der Waals surface area contributed by atoms with Gasteiger partial charge in [-0.3, -0.25) is 14.9 Å². The Kier molecular flexibility index (Phi) is 6.06. The van der Waals surface area contributed by atoms with Crippen molar-refractivity contribution >= 4 is 40.2 Å². The number of para-hydroxylation sites is 1. The molecule has 1 amide bonds. The number of amides is 1. The van der Waals surface area contributed by atoms with Crippen molar-refractivity contribution in [1.29, 1.82) is 0 Å². The molecule has 2 heterocycles. The van der Waals surface area contributed by atoms with Gasteiger partial charge in [-0.1, -0.05) is 23.7 Å². The van der Waals surface area contributed by atoms with E-state index in [1.54, 1.807) is 29.5 Å². The van der Waals surface area contributed by atoms with Crippen LogP contribution in [0.2, 0.25) is 5.02 Å². The van der Waals surface area contributed by atoms with Crippen LogP contribution in [0.5, 0.6) is 5.75 Å². The molecule has 0 radical (unpaired) electrons. The first-order valence-electron chi connectivity index (χ1n) is 9.55. The van der Waals surface area contributed by atoms with Crippen LogP contribution in [-0.2, 0) is 0 Å². The highest BCUT2D eigenvalue weighted by Gasteiger charge is 2.27. The van der Waals surface area contributed by atoms with E-state index in [1.165, 1.54) is 17.4 Å². The molecular weight excluding hydrogens is 440 g/mol. The molecular formula is C21H19ClN4O4S. The normalized spacial score (nSPS) is 13.9. The topological polar surface area (TPSA) is 88.8 Å². The molecule has 0 unspecified atom stereocenters. The number of halogens is 1. The number of piperazine rings is 1. The van der Waals surface area contributed by atoms with Crippen LogP contribution in [0.4, 0.5) is 11.4 Å². The average molecular weight is 459 g/mol. The minimum Gasteiger partial charge on any atom is -0.496 e. The fourth-order valence-corrected chi connectivity index (χ4v) is 4.53. The minimum atomic E-state index is -0.437. The Labute approximate surface area is 187 Å². The smallest absolute Gasteiger partial charge is 0.294 e. The summed E-state index contributed by atoms with van der Waals surface area (Å²) in [6, 6.07) is 12.2. The van der Waals surface area contributed by atoms with Crippen LogP contribution in [-0.4, -0.2) is 54.0 Å². The number of nitro benzene ring substituents is 1. The van der Waals surface area contributed by atoms with Crippen LogP contribution >= 0.6 is 22.9 Å². The summed E-state index contributed by atoms with van der Waals surface area (Å²) in [6.45, 7) is 1.86. The van der Waals surface area contributed by atoms with E-state index in [4.69, 9.17) is 16.3 Å². The Hall–Kier alpha value is -3.17. The maximum atomic E-state index is 13.0. The molecule has 8 nitrogen and oxygen atoms in total. The molecule has 1 fully saturated rings. The first kappa shape index (κ1) is 21.1. The Morgan fingerprint density at radius 2 is 1.94 bits per heavy atom. The number of nitrogens with zero attached hydrogens (tertiary/aromatic N) is 4. The van der Waals surface area contributed by atoms with Gasteiger partial charge in [0.15, 0.2) is 0 Å². The van der Waals surface area contributed by atoms with Gasteiger partial charge in [0.05, 0.1) is 17.6 Å². The number of hydrogen-bond donors (Lipinski definition) is 0. The Balaban J connectivity index is 1.46. The fourth-order valence-electron chi connectivity index (χ4n) is 3.54. The van der Waals surface area contributed by atoms with Crippen LogP contribution in [0.15, 0.2) is 47.8 Å². The summed E-state index contributed by atoms with van der Waals surface area (Å²) in [4.78, 5) is 32.0. The molecule has 1 aliphatic rings. The largest absolute Gasteiger partial charge is 0.496 e. The average Bonchev–Trinajstić information content (AvgIpc) is 3.28. The Morgan fingerprint density at radius 1 is 1.19 bits per heavy atom. The number of aromatic nitrogens is 1. The monoisotopic (exact) mass is 458 g/mol. The van der Waals surface area contributed by atoms with Crippen LogP contribution in [0.25, 0.3) is 10.6 Å². The predicted octanol–water partition coefficient (Wildman–Crippen LogP) is 4.34. The number of nitro groups is 1. The molecule has 160 valence electrons. The third kappa shape index (κ3) is 4.33. The van der Waals surface area contributed by atoms with Crippen molar-refractivity contribution in [2.24, 2.45) is 0 Å². The molecule has 0 spiro atoms. The second kappa shape index (κ2) is 8.91. The van der Waals surface area contributed by atoms with Crippen molar-refractivity contribution in [2.75, 3.05) is 38.2 Å². The first-order chi connectivity index (χ1) is 15.0. The standard InChI is InChI=1S/C21H19ClN4O4S/c1-30-19-5-3-2-4-15(19)20-23-16(13-31-20)21(27)25-10-8-24(9-11-25)17-7-6-14(22)12-18(17)26(28)29/h2-7,12-13H,8-11H2,1H3. The van der Waals surface area contributed by atoms with Crippen molar-refractivity contribution in [3.8, 4) is 16.3 Å². The zero-order valence-electron chi connectivity index (χ0n) is 16.7. The number of anilines is 1. The fraction of sp³-hybridized carbons (Fsp3) is 0.238. The maximum Gasteiger partial charge on any atom is 0.294 e. The zero-order chi connectivity index (χ0) is 22.0. The van der Waals surface area contributed by atoms with Crippen LogP contribution < -0.4 is 9.64 Å². The lowest BCUT2D eigenvalue weighted by Crippen LogP contribution is -2.49. The molecule has 0 N–H and O–H groups in total. The number of carbonyl (C=O) groups excluding carboxylic acids is 1. The number of hydrogen-bond acceptors (Lipinski definition) is 7. The van der Waals surface area contributed by atoms with E-state index in [0.29, 0.717) is 48.3 Å². The molecule has 1 aromatic heterocycles. The van der Waals surface area contributed by atoms with E-state index in [9.17, 15) is 14.9 Å². The lowest BCUT2D eigenvalue weighted by Gasteiger charge is -2.35. The molecule has 4 rings (SSSR count). The number of ether oxygens (including phenoxy) is 1. The third-order valence-corrected chi connectivity index (χ3v) is 6.21. The first-order valence-corrected chi connectivity index (χ1v) is 10.8. The van der Waals surface area contributed by atoms with E-state index < -0.39 is 4.92 Å². The number of thiazole rings is 1. The van der Waals surface area contributed by atoms with Crippen molar-refractivity contribution in [1.82, 2.24) is 9.88 Å². The Morgan fingerprint density at radius 3 is 2.65 bits per heavy atom. The van der Waals surface area contributed by atoms with Gasteiger partial charge in [0, 0.05) is 42.6 Å². The highest BCUT2D eigenvalue weighted by Crippen LogP contribution is 2.33. The summed E-state index contributed by atoms with van der Waals surface area (Å²) in [7, 11) is 1.60. The van der Waals surface area contributed by atoms with Gasteiger partial charge in [-0.2, -0.15) is 0 Å². The van der Waals surface area contributed by atoms with E-state index in [0.717, 1.165) is 10.6 Å². The zero-order valence-corrected chi connectivity index (χ0v) is 18.2. The van der Waals surface area contributed by atoms with Crippen molar-refractivity contribution < 1.29 is 14.5 Å². The summed E-state index contributed by atoms with van der Waals surface area (Å²) in [6.07, 6.45) is 0. The second-order valence-corrected chi connectivity index (χ2v) is 8.20. The van der Waals surface area contributed by atoms with Crippen LogP contribution in [0.3, 0.4) is 0 Å². The minimum absolute atomic E-state index is 0.0340.